The molecule has 1 N–H and O–H groups in total. The first-order valence-electron chi connectivity index (χ1n) is 13.4. The third kappa shape index (κ3) is 8.84. The zero-order valence-corrected chi connectivity index (χ0v) is 24.6. The molecule has 0 radical (unpaired) electrons. The Hall–Kier alpha value is -3.85. The molecule has 0 saturated carbocycles. The highest BCUT2D eigenvalue weighted by molar-refractivity contribution is 7.92. The lowest BCUT2D eigenvalue weighted by atomic mass is 10.1. The van der Waals surface area contributed by atoms with Gasteiger partial charge in [-0.25, -0.2) is 8.42 Å². The standard InChI is InChI=1S/C31H39N3O5S/c1-6-29(31(36)32-20-23(2)3)33(21-25-12-10-11-24(4)19-25)30(35)22-34(40(5,37)38)26-15-17-28(18-16-26)39-27-13-8-7-9-14-27/h7-19,23,29H,6,20-22H2,1-5H3,(H,32,36). The number of carbonyl (C=O) groups is 2. The van der Waals surface area contributed by atoms with Crippen molar-refractivity contribution in [1.82, 2.24) is 10.2 Å². The van der Waals surface area contributed by atoms with Crippen LogP contribution in [0.2, 0.25) is 0 Å². The molecule has 40 heavy (non-hydrogen) atoms. The predicted molar refractivity (Wildman–Crippen MR) is 159 cm³/mol. The lowest BCUT2D eigenvalue weighted by Crippen LogP contribution is -2.52. The lowest BCUT2D eigenvalue weighted by molar-refractivity contribution is -0.140. The minimum atomic E-state index is -3.83. The highest BCUT2D eigenvalue weighted by Crippen LogP contribution is 2.26. The number of nitrogens with zero attached hydrogens (tertiary/aromatic N) is 2. The Morgan fingerprint density at radius 1 is 0.925 bits per heavy atom. The second kappa shape index (κ2) is 14.0. The van der Waals surface area contributed by atoms with E-state index >= 15 is 0 Å². The third-order valence-electron chi connectivity index (χ3n) is 6.29. The van der Waals surface area contributed by atoms with Crippen molar-refractivity contribution in [1.29, 1.82) is 0 Å². The summed E-state index contributed by atoms with van der Waals surface area (Å²) < 4.78 is 32.6. The minimum absolute atomic E-state index is 0.176. The van der Waals surface area contributed by atoms with Gasteiger partial charge in [-0.1, -0.05) is 68.8 Å². The molecule has 0 fully saturated rings. The molecule has 3 rings (SSSR count). The normalized spacial score (nSPS) is 12.1. The van der Waals surface area contributed by atoms with Crippen molar-refractivity contribution in [3.63, 3.8) is 0 Å². The van der Waals surface area contributed by atoms with Crippen molar-refractivity contribution in [3.8, 4) is 11.5 Å². The number of rotatable bonds is 13. The van der Waals surface area contributed by atoms with Crippen LogP contribution >= 0.6 is 0 Å². The molecule has 2 amide bonds. The third-order valence-corrected chi connectivity index (χ3v) is 7.43. The highest BCUT2D eigenvalue weighted by Gasteiger charge is 2.31. The molecule has 0 aliphatic rings. The van der Waals surface area contributed by atoms with Gasteiger partial charge in [0.2, 0.25) is 21.8 Å². The summed E-state index contributed by atoms with van der Waals surface area (Å²) in [5.41, 5.74) is 2.21. The molecule has 0 aliphatic heterocycles. The average Bonchev–Trinajstić information content (AvgIpc) is 2.91. The fourth-order valence-electron chi connectivity index (χ4n) is 4.27. The number of hydrogen-bond acceptors (Lipinski definition) is 5. The van der Waals surface area contributed by atoms with Crippen LogP contribution in [0.25, 0.3) is 0 Å². The number of ether oxygens (including phenoxy) is 1. The predicted octanol–water partition coefficient (Wildman–Crippen LogP) is 5.13. The Labute approximate surface area is 238 Å². The maximum Gasteiger partial charge on any atom is 0.244 e. The molecule has 3 aromatic carbocycles. The second-order valence-corrected chi connectivity index (χ2v) is 12.2. The molecule has 8 nitrogen and oxygen atoms in total. The Bertz CT molecular complexity index is 1380. The molecule has 1 unspecified atom stereocenters. The monoisotopic (exact) mass is 565 g/mol. The summed E-state index contributed by atoms with van der Waals surface area (Å²) in [6.45, 7) is 8.00. The zero-order valence-electron chi connectivity index (χ0n) is 23.8. The topological polar surface area (TPSA) is 96.0 Å². The fraction of sp³-hybridized carbons (Fsp3) is 0.355. The van der Waals surface area contributed by atoms with Crippen LogP contribution in [0.5, 0.6) is 11.5 Å². The highest BCUT2D eigenvalue weighted by atomic mass is 32.2. The minimum Gasteiger partial charge on any atom is -0.457 e. The van der Waals surface area contributed by atoms with Crippen molar-refractivity contribution in [2.45, 2.75) is 46.7 Å². The summed E-state index contributed by atoms with van der Waals surface area (Å²) in [4.78, 5) is 28.5. The summed E-state index contributed by atoms with van der Waals surface area (Å²) in [5, 5.41) is 2.93. The van der Waals surface area contributed by atoms with Crippen LogP contribution in [-0.4, -0.2) is 50.5 Å². The van der Waals surface area contributed by atoms with Crippen molar-refractivity contribution < 1.29 is 22.7 Å². The number of hydrogen-bond donors (Lipinski definition) is 1. The molecule has 3 aromatic rings. The number of benzene rings is 3. The van der Waals surface area contributed by atoms with E-state index in [1.807, 2.05) is 82.3 Å². The first kappa shape index (κ1) is 30.7. The van der Waals surface area contributed by atoms with Crippen LogP contribution in [-0.2, 0) is 26.2 Å². The Morgan fingerprint density at radius 2 is 1.57 bits per heavy atom. The maximum atomic E-state index is 13.8. The van der Waals surface area contributed by atoms with Gasteiger partial charge in [0.15, 0.2) is 0 Å². The summed E-state index contributed by atoms with van der Waals surface area (Å²) >= 11 is 0. The number of amides is 2. The first-order chi connectivity index (χ1) is 19.0. The molecule has 0 aromatic heterocycles. The number of sulfonamides is 1. The summed E-state index contributed by atoms with van der Waals surface area (Å²) in [6.07, 6.45) is 1.44. The van der Waals surface area contributed by atoms with Crippen LogP contribution in [0.1, 0.15) is 38.3 Å². The number of anilines is 1. The zero-order chi connectivity index (χ0) is 29.3. The van der Waals surface area contributed by atoms with E-state index in [9.17, 15) is 18.0 Å². The van der Waals surface area contributed by atoms with Crippen molar-refractivity contribution in [2.24, 2.45) is 5.92 Å². The molecule has 0 heterocycles. The van der Waals surface area contributed by atoms with Gasteiger partial charge < -0.3 is 15.0 Å². The van der Waals surface area contributed by atoms with Crippen LogP contribution in [0.15, 0.2) is 78.9 Å². The molecule has 214 valence electrons. The molecule has 0 saturated heterocycles. The van der Waals surface area contributed by atoms with Crippen LogP contribution in [0.4, 0.5) is 5.69 Å². The van der Waals surface area contributed by atoms with Crippen molar-refractivity contribution >= 4 is 27.5 Å². The SMILES string of the molecule is CCC(C(=O)NCC(C)C)N(Cc1cccc(C)c1)C(=O)CN(c1ccc(Oc2ccccc2)cc1)S(C)(=O)=O. The van der Waals surface area contributed by atoms with Crippen molar-refractivity contribution in [3.05, 3.63) is 90.0 Å². The van der Waals surface area contributed by atoms with Crippen LogP contribution in [0, 0.1) is 12.8 Å². The smallest absolute Gasteiger partial charge is 0.244 e. The quantitative estimate of drug-likeness (QED) is 0.310. The summed E-state index contributed by atoms with van der Waals surface area (Å²) in [7, 11) is -3.83. The molecule has 0 aliphatic carbocycles. The molecular formula is C31H39N3O5S. The Kier molecular flexibility index (Phi) is 10.7. The molecular weight excluding hydrogens is 526 g/mol. The Balaban J connectivity index is 1.88. The van der Waals surface area contributed by atoms with E-state index < -0.39 is 28.5 Å². The van der Waals surface area contributed by atoms with E-state index in [0.717, 1.165) is 21.7 Å². The van der Waals surface area contributed by atoms with E-state index in [0.29, 0.717) is 30.2 Å². The number of nitrogens with one attached hydrogen (secondary N) is 1. The van der Waals surface area contributed by atoms with Gasteiger partial charge in [0.05, 0.1) is 11.9 Å². The number of carbonyl (C=O) groups excluding carboxylic acids is 2. The van der Waals surface area contributed by atoms with Gasteiger partial charge in [0.1, 0.15) is 24.1 Å². The number of para-hydroxylation sites is 1. The van der Waals surface area contributed by atoms with Gasteiger partial charge in [-0.3, -0.25) is 13.9 Å². The lowest BCUT2D eigenvalue weighted by Gasteiger charge is -2.33. The first-order valence-corrected chi connectivity index (χ1v) is 15.3. The summed E-state index contributed by atoms with van der Waals surface area (Å²) in [6, 6.07) is 22.7. The van der Waals surface area contributed by atoms with Gasteiger partial charge in [-0.15, -0.1) is 0 Å². The van der Waals surface area contributed by atoms with Gasteiger partial charge in [0.25, 0.3) is 0 Å². The molecule has 0 spiro atoms. The molecule has 0 bridgehead atoms. The van der Waals surface area contributed by atoms with Crippen LogP contribution in [0.3, 0.4) is 0 Å². The fourth-order valence-corrected chi connectivity index (χ4v) is 5.12. The maximum absolute atomic E-state index is 13.8. The summed E-state index contributed by atoms with van der Waals surface area (Å²) in [5.74, 6) is 0.702. The van der Waals surface area contributed by atoms with E-state index in [1.54, 1.807) is 24.3 Å². The molecule has 9 heteroatoms. The van der Waals surface area contributed by atoms with Gasteiger partial charge in [-0.05, 0) is 61.2 Å². The van der Waals surface area contributed by atoms with E-state index in [1.165, 1.54) is 4.90 Å². The molecule has 1 atom stereocenters. The van der Waals surface area contributed by atoms with Crippen LogP contribution < -0.4 is 14.4 Å². The van der Waals surface area contributed by atoms with E-state index in [2.05, 4.69) is 5.32 Å². The van der Waals surface area contributed by atoms with Gasteiger partial charge in [0, 0.05) is 13.1 Å². The number of aryl methyl sites for hydroxylation is 1. The van der Waals surface area contributed by atoms with E-state index in [-0.39, 0.29) is 18.4 Å². The largest absolute Gasteiger partial charge is 0.457 e. The average molecular weight is 566 g/mol. The van der Waals surface area contributed by atoms with Gasteiger partial charge >= 0.3 is 0 Å². The van der Waals surface area contributed by atoms with Gasteiger partial charge in [-0.2, -0.15) is 0 Å². The van der Waals surface area contributed by atoms with Crippen molar-refractivity contribution in [2.75, 3.05) is 23.7 Å². The second-order valence-electron chi connectivity index (χ2n) is 10.3. The van der Waals surface area contributed by atoms with E-state index in [4.69, 9.17) is 4.74 Å². The Morgan fingerprint density at radius 3 is 2.15 bits per heavy atom.